The van der Waals surface area contributed by atoms with Gasteiger partial charge < -0.3 is 8.75 Å². The van der Waals surface area contributed by atoms with Crippen molar-refractivity contribution in [1.29, 1.82) is 0 Å². The molecule has 0 aliphatic carbocycles. The van der Waals surface area contributed by atoms with E-state index in [1.165, 1.54) is 25.1 Å². The maximum Gasteiger partial charge on any atom is 0.534 e. The standard InChI is InChI=1S/C14H11F4NO4S/c1-9-5-12(23-24(21,22)14(16,17)18)7-13(20)19(9)8-10-3-2-4-11(15)6-10/h2-7H,8H2,1H3. The maximum absolute atomic E-state index is 13.2. The molecule has 0 radical (unpaired) electrons. The number of halogens is 4. The number of nitrogens with zero attached hydrogens (tertiary/aromatic N) is 1. The van der Waals surface area contributed by atoms with E-state index in [0.29, 0.717) is 11.6 Å². The first-order chi connectivity index (χ1) is 11.0. The lowest BCUT2D eigenvalue weighted by Gasteiger charge is -2.13. The molecule has 0 unspecified atom stereocenters. The highest BCUT2D eigenvalue weighted by molar-refractivity contribution is 7.88. The SMILES string of the molecule is Cc1cc(OS(=O)(=O)C(F)(F)F)cc(=O)n1Cc1cccc(F)c1. The van der Waals surface area contributed by atoms with Crippen molar-refractivity contribution in [1.82, 2.24) is 4.57 Å². The van der Waals surface area contributed by atoms with Crippen molar-refractivity contribution in [2.75, 3.05) is 0 Å². The zero-order chi connectivity index (χ0) is 18.1. The van der Waals surface area contributed by atoms with Crippen molar-refractivity contribution in [3.63, 3.8) is 0 Å². The summed E-state index contributed by atoms with van der Waals surface area (Å²) in [6, 6.07) is 7.02. The van der Waals surface area contributed by atoms with Crippen molar-refractivity contribution in [2.24, 2.45) is 0 Å². The molecule has 130 valence electrons. The van der Waals surface area contributed by atoms with Crippen LogP contribution in [0.2, 0.25) is 0 Å². The second-order valence-electron chi connectivity index (χ2n) is 4.87. The van der Waals surface area contributed by atoms with Crippen molar-refractivity contribution < 1.29 is 30.2 Å². The second kappa shape index (κ2) is 6.27. The number of alkyl halides is 3. The molecule has 0 spiro atoms. The maximum atomic E-state index is 13.2. The molecule has 0 amide bonds. The summed E-state index contributed by atoms with van der Waals surface area (Å²) in [5, 5.41) is 0. The smallest absolute Gasteiger partial charge is 0.376 e. The molecule has 0 bridgehead atoms. The van der Waals surface area contributed by atoms with Crippen LogP contribution >= 0.6 is 0 Å². The van der Waals surface area contributed by atoms with Gasteiger partial charge in [0, 0.05) is 17.8 Å². The summed E-state index contributed by atoms with van der Waals surface area (Å²) in [4.78, 5) is 12.0. The zero-order valence-corrected chi connectivity index (χ0v) is 13.0. The van der Waals surface area contributed by atoms with Gasteiger partial charge in [-0.2, -0.15) is 21.6 Å². The molecule has 2 rings (SSSR count). The Kier molecular flexibility index (Phi) is 4.70. The Hall–Kier alpha value is -2.36. The van der Waals surface area contributed by atoms with Crippen LogP contribution in [-0.4, -0.2) is 18.5 Å². The van der Waals surface area contributed by atoms with E-state index >= 15 is 0 Å². The number of hydrogen-bond donors (Lipinski definition) is 0. The van der Waals surface area contributed by atoms with Gasteiger partial charge in [-0.05, 0) is 24.6 Å². The molecule has 0 fully saturated rings. The van der Waals surface area contributed by atoms with Crippen LogP contribution in [0.1, 0.15) is 11.3 Å². The number of pyridine rings is 1. The van der Waals surface area contributed by atoms with Gasteiger partial charge in [0.05, 0.1) is 6.54 Å². The van der Waals surface area contributed by atoms with Crippen LogP contribution in [0.5, 0.6) is 5.75 Å². The number of benzene rings is 1. The van der Waals surface area contributed by atoms with Crippen molar-refractivity contribution in [2.45, 2.75) is 19.0 Å². The van der Waals surface area contributed by atoms with Crippen LogP contribution in [0.25, 0.3) is 0 Å². The van der Waals surface area contributed by atoms with Crippen LogP contribution < -0.4 is 9.74 Å². The Bertz CT molecular complexity index is 919. The second-order valence-corrected chi connectivity index (χ2v) is 6.41. The van der Waals surface area contributed by atoms with E-state index in [1.54, 1.807) is 6.07 Å². The fourth-order valence-corrected chi connectivity index (χ4v) is 2.39. The summed E-state index contributed by atoms with van der Waals surface area (Å²) in [5.74, 6) is -1.25. The lowest BCUT2D eigenvalue weighted by atomic mass is 10.2. The van der Waals surface area contributed by atoms with Crippen molar-refractivity contribution in [3.8, 4) is 5.75 Å². The minimum absolute atomic E-state index is 0.0330. The van der Waals surface area contributed by atoms with Crippen LogP contribution in [-0.2, 0) is 16.7 Å². The van der Waals surface area contributed by atoms with Crippen LogP contribution in [0.4, 0.5) is 17.6 Å². The summed E-state index contributed by atoms with van der Waals surface area (Å²) in [6.07, 6.45) is 0. The minimum Gasteiger partial charge on any atom is -0.376 e. The summed E-state index contributed by atoms with van der Waals surface area (Å²) < 4.78 is 77.0. The van der Waals surface area contributed by atoms with Gasteiger partial charge >= 0.3 is 15.6 Å². The Labute approximate surface area is 134 Å². The van der Waals surface area contributed by atoms with E-state index in [0.717, 1.165) is 10.6 Å². The third-order valence-corrected chi connectivity index (χ3v) is 4.01. The highest BCUT2D eigenvalue weighted by atomic mass is 32.2. The fourth-order valence-electron chi connectivity index (χ4n) is 1.94. The normalized spacial score (nSPS) is 12.2. The van der Waals surface area contributed by atoms with Gasteiger partial charge in [0.2, 0.25) is 0 Å². The first-order valence-electron chi connectivity index (χ1n) is 6.46. The Morgan fingerprint density at radius 3 is 2.38 bits per heavy atom. The van der Waals surface area contributed by atoms with E-state index < -0.39 is 32.8 Å². The quantitative estimate of drug-likeness (QED) is 0.475. The average molecular weight is 365 g/mol. The molecule has 0 N–H and O–H groups in total. The molecular weight excluding hydrogens is 354 g/mol. The van der Waals surface area contributed by atoms with Gasteiger partial charge in [-0.15, -0.1) is 0 Å². The predicted molar refractivity (Wildman–Crippen MR) is 76.5 cm³/mol. The number of rotatable bonds is 4. The van der Waals surface area contributed by atoms with Crippen molar-refractivity contribution >= 4 is 10.1 Å². The molecule has 0 aliphatic heterocycles. The molecular formula is C14H11F4NO4S. The molecule has 2 aromatic rings. The number of hydrogen-bond acceptors (Lipinski definition) is 4. The largest absolute Gasteiger partial charge is 0.534 e. The zero-order valence-electron chi connectivity index (χ0n) is 12.2. The Balaban J connectivity index is 2.34. The van der Waals surface area contributed by atoms with Gasteiger partial charge in [0.1, 0.15) is 11.6 Å². The van der Waals surface area contributed by atoms with Gasteiger partial charge in [0.15, 0.2) is 0 Å². The van der Waals surface area contributed by atoms with Gasteiger partial charge in [-0.1, -0.05) is 12.1 Å². The lowest BCUT2D eigenvalue weighted by Crippen LogP contribution is -2.29. The van der Waals surface area contributed by atoms with Crippen LogP contribution in [0.15, 0.2) is 41.2 Å². The lowest BCUT2D eigenvalue weighted by molar-refractivity contribution is -0.0500. The number of aryl methyl sites for hydroxylation is 1. The molecule has 0 saturated heterocycles. The van der Waals surface area contributed by atoms with E-state index in [2.05, 4.69) is 4.18 Å². The highest BCUT2D eigenvalue weighted by Gasteiger charge is 2.48. The molecule has 24 heavy (non-hydrogen) atoms. The first kappa shape index (κ1) is 18.0. The predicted octanol–water partition coefficient (Wildman–Crippen LogP) is 2.57. The number of aromatic nitrogens is 1. The van der Waals surface area contributed by atoms with Crippen LogP contribution in [0.3, 0.4) is 0 Å². The average Bonchev–Trinajstić information content (AvgIpc) is 2.41. The van der Waals surface area contributed by atoms with E-state index in [-0.39, 0.29) is 12.2 Å². The summed E-state index contributed by atoms with van der Waals surface area (Å²) in [6.45, 7) is 1.35. The Morgan fingerprint density at radius 2 is 1.83 bits per heavy atom. The molecule has 0 atom stereocenters. The first-order valence-corrected chi connectivity index (χ1v) is 7.87. The minimum atomic E-state index is -5.86. The molecule has 1 aromatic carbocycles. The highest BCUT2D eigenvalue weighted by Crippen LogP contribution is 2.26. The van der Waals surface area contributed by atoms with Crippen molar-refractivity contribution in [3.05, 3.63) is 63.8 Å². The molecule has 10 heteroatoms. The summed E-state index contributed by atoms with van der Waals surface area (Å²) in [5.41, 5.74) is -5.78. The summed E-state index contributed by atoms with van der Waals surface area (Å²) >= 11 is 0. The monoisotopic (exact) mass is 365 g/mol. The van der Waals surface area contributed by atoms with Gasteiger partial charge in [-0.25, -0.2) is 4.39 Å². The van der Waals surface area contributed by atoms with E-state index in [4.69, 9.17) is 0 Å². The van der Waals surface area contributed by atoms with Gasteiger partial charge in [0.25, 0.3) is 5.56 Å². The third kappa shape index (κ3) is 3.94. The molecule has 0 aliphatic rings. The van der Waals surface area contributed by atoms with E-state index in [1.807, 2.05) is 0 Å². The molecule has 5 nitrogen and oxygen atoms in total. The topological polar surface area (TPSA) is 65.4 Å². The van der Waals surface area contributed by atoms with Gasteiger partial charge in [-0.3, -0.25) is 4.79 Å². The molecule has 0 saturated carbocycles. The van der Waals surface area contributed by atoms with Crippen LogP contribution in [0, 0.1) is 12.7 Å². The van der Waals surface area contributed by atoms with E-state index in [9.17, 15) is 30.8 Å². The fraction of sp³-hybridized carbons (Fsp3) is 0.214. The molecule has 1 heterocycles. The third-order valence-electron chi connectivity index (χ3n) is 3.03. The summed E-state index contributed by atoms with van der Waals surface area (Å²) in [7, 11) is -5.86. The Morgan fingerprint density at radius 1 is 1.17 bits per heavy atom. The molecule has 1 aromatic heterocycles.